The van der Waals surface area contributed by atoms with Gasteiger partial charge >= 0.3 is 281 Å². The fourth-order valence-electron chi connectivity index (χ4n) is 6.03. The Morgan fingerprint density at radius 3 is 2.18 bits per heavy atom. The summed E-state index contributed by atoms with van der Waals surface area (Å²) < 4.78 is 25.7. The third kappa shape index (κ3) is 8.57. The van der Waals surface area contributed by atoms with Gasteiger partial charge in [-0.1, -0.05) is 0 Å². The van der Waals surface area contributed by atoms with E-state index >= 15 is 0 Å². The Bertz CT molecular complexity index is 2290. The second-order valence-corrected chi connectivity index (χ2v) is 37.3. The van der Waals surface area contributed by atoms with Crippen molar-refractivity contribution in [2.24, 2.45) is 0 Å². The van der Waals surface area contributed by atoms with Crippen LogP contribution in [0.1, 0.15) is 24.1 Å². The monoisotopic (exact) mass is 980 g/mol. The van der Waals surface area contributed by atoms with E-state index in [2.05, 4.69) is 112 Å². The van der Waals surface area contributed by atoms with E-state index in [1.54, 1.807) is 11.3 Å². The molecule has 0 saturated heterocycles. The second-order valence-electron chi connectivity index (χ2n) is 14.6. The Labute approximate surface area is 321 Å². The van der Waals surface area contributed by atoms with Crippen molar-refractivity contribution in [3.8, 4) is 33.6 Å². The number of hydrogen-bond acceptors (Lipinski definition) is 3. The van der Waals surface area contributed by atoms with Crippen LogP contribution in [0.5, 0.6) is 0 Å². The molecule has 7 aromatic rings. The Morgan fingerprint density at radius 1 is 0.780 bits per heavy atom. The maximum atomic E-state index is 13.4. The summed E-state index contributed by atoms with van der Waals surface area (Å²) in [5.41, 5.74) is 8.43. The molecule has 0 bridgehead atoms. The topological polar surface area (TPSA) is 25.8 Å². The number of pyridine rings is 2. The number of aryl methyl sites for hydroxylation is 1. The van der Waals surface area contributed by atoms with E-state index < -0.39 is 31.3 Å². The molecule has 7 heteroatoms. The van der Waals surface area contributed by atoms with E-state index in [1.165, 1.54) is 37.6 Å². The predicted octanol–water partition coefficient (Wildman–Crippen LogP) is 12.1. The first-order valence-electron chi connectivity index (χ1n) is 17.2. The number of fused-ring (bicyclic) bond motifs is 3. The maximum Gasteiger partial charge on any atom is 0 e. The SMILES string of the molecule is Cc1cc(-c2[c-]cccc2)nc[c]1[Ge]([CH3])([CH3])[CH3].[2H][C](C)(c1ccnc(-c2[c-]ccc3c2sc2cc(-c4ccc(F)cc4)ccc23)c1)[Ge]([CH3])([CH3])[CH3].[Ir]. The summed E-state index contributed by atoms with van der Waals surface area (Å²) in [6, 6.07) is 38.0. The number of thiophene rings is 1. The molecule has 7 rings (SSSR count). The molecule has 0 saturated carbocycles. The van der Waals surface area contributed by atoms with Crippen molar-refractivity contribution in [3.05, 3.63) is 139 Å². The molecule has 0 aliphatic rings. The van der Waals surface area contributed by atoms with Gasteiger partial charge in [-0.15, -0.1) is 0 Å². The van der Waals surface area contributed by atoms with Gasteiger partial charge in [-0.05, 0) is 12.1 Å². The Morgan fingerprint density at radius 2 is 1.52 bits per heavy atom. The molecule has 3 heterocycles. The van der Waals surface area contributed by atoms with Gasteiger partial charge in [-0.25, -0.2) is 4.39 Å². The molecule has 4 aromatic carbocycles. The van der Waals surface area contributed by atoms with Crippen LogP contribution in [0.25, 0.3) is 53.8 Å². The molecule has 0 amide bonds. The quantitative estimate of drug-likeness (QED) is 0.123. The number of benzene rings is 4. The van der Waals surface area contributed by atoms with Gasteiger partial charge in [-0.3, -0.25) is 0 Å². The fourth-order valence-corrected chi connectivity index (χ4v) is 13.0. The van der Waals surface area contributed by atoms with Crippen molar-refractivity contribution < 1.29 is 25.9 Å². The first-order chi connectivity index (χ1) is 23.6. The van der Waals surface area contributed by atoms with Crippen molar-refractivity contribution in [2.45, 2.75) is 53.1 Å². The van der Waals surface area contributed by atoms with Gasteiger partial charge in [0.05, 0.1) is 0 Å². The zero-order valence-electron chi connectivity index (χ0n) is 30.9. The number of aromatic nitrogens is 2. The summed E-state index contributed by atoms with van der Waals surface area (Å²) in [5, 5.41) is 2.38. The zero-order chi connectivity index (χ0) is 35.8. The third-order valence-corrected chi connectivity index (χ3v) is 20.1. The summed E-state index contributed by atoms with van der Waals surface area (Å²) in [6.45, 7) is 4.24. The first-order valence-corrected chi connectivity index (χ1v) is 32.2. The van der Waals surface area contributed by atoms with E-state index in [0.29, 0.717) is 0 Å². The van der Waals surface area contributed by atoms with Crippen LogP contribution in [0.15, 0.2) is 109 Å². The largest absolute Gasteiger partial charge is 0 e. The van der Waals surface area contributed by atoms with Gasteiger partial charge in [0, 0.05) is 20.1 Å². The summed E-state index contributed by atoms with van der Waals surface area (Å²) in [6.07, 6.45) is 3.91. The number of hydrogen-bond donors (Lipinski definition) is 0. The van der Waals surface area contributed by atoms with Crippen LogP contribution in [-0.4, -0.2) is 36.5 Å². The van der Waals surface area contributed by atoms with E-state index in [0.717, 1.165) is 43.9 Å². The van der Waals surface area contributed by atoms with Crippen LogP contribution in [-0.2, 0) is 20.1 Å². The molecule has 1 atom stereocenters. The minimum Gasteiger partial charge on any atom is 0 e. The molecule has 0 aliphatic heterocycles. The van der Waals surface area contributed by atoms with Crippen LogP contribution < -0.4 is 4.40 Å². The zero-order valence-corrected chi connectivity index (χ0v) is 37.3. The Kier molecular flexibility index (Phi) is 11.6. The van der Waals surface area contributed by atoms with Crippen molar-refractivity contribution in [1.82, 2.24) is 9.97 Å². The molecule has 0 N–H and O–H groups in total. The van der Waals surface area contributed by atoms with E-state index in [9.17, 15) is 4.39 Å². The fraction of sp³-hybridized carbons (Fsp3) is 0.209. The van der Waals surface area contributed by atoms with Crippen LogP contribution in [0, 0.1) is 24.9 Å². The van der Waals surface area contributed by atoms with Crippen molar-refractivity contribution in [3.63, 3.8) is 0 Å². The van der Waals surface area contributed by atoms with Crippen LogP contribution in [0.4, 0.5) is 4.39 Å². The molecule has 257 valence electrons. The summed E-state index contributed by atoms with van der Waals surface area (Å²) in [7, 11) is 0. The molecule has 0 spiro atoms. The molecule has 1 unspecified atom stereocenters. The summed E-state index contributed by atoms with van der Waals surface area (Å²) >= 11 is -2.35. The molecule has 3 aromatic heterocycles. The van der Waals surface area contributed by atoms with Crippen LogP contribution in [0.2, 0.25) is 34.5 Å². The minimum absolute atomic E-state index is 0. The van der Waals surface area contributed by atoms with Crippen molar-refractivity contribution >= 4 is 62.4 Å². The smallest absolute Gasteiger partial charge is 0 e. The standard InChI is InChI=1S/C28H25FGeNS.C15H18GeN.Ir/c1-18(30(2,3)4)20-14-15-31-26(16-20)25-7-5-6-24-23-13-10-21(17-27(23)32-28(24)25)19-8-11-22(29)12-9-19;1-12-10-15(13-8-6-5-7-9-13)17-11-14(12)16(2,3)4;/h5-6,8-18H,1-4H3;5-8,10-11H,1-4H3;/q2*-1;/i18D;;. The van der Waals surface area contributed by atoms with Crippen molar-refractivity contribution in [1.29, 1.82) is 0 Å². The Balaban J connectivity index is 0.000000237. The van der Waals surface area contributed by atoms with Crippen LogP contribution in [0.3, 0.4) is 0 Å². The van der Waals surface area contributed by atoms with Gasteiger partial charge < -0.3 is 0 Å². The molecule has 1 radical (unpaired) electrons. The average Bonchev–Trinajstić information content (AvgIpc) is 3.46. The normalized spacial score (nSPS) is 13.2. The number of halogens is 1. The molecule has 2 nitrogen and oxygen atoms in total. The maximum absolute atomic E-state index is 13.4. The Hall–Kier alpha value is -2.93. The van der Waals surface area contributed by atoms with Gasteiger partial charge in [0.15, 0.2) is 0 Å². The first kappa shape index (κ1) is 36.8. The average molecular weight is 977 g/mol. The molecular formula is C43H43FGe2IrN2S-2. The predicted molar refractivity (Wildman–Crippen MR) is 215 cm³/mol. The number of rotatable bonds is 6. The summed E-state index contributed by atoms with van der Waals surface area (Å²) in [5.74, 6) is 13.8. The van der Waals surface area contributed by atoms with Crippen LogP contribution >= 0.6 is 11.3 Å². The molecule has 50 heavy (non-hydrogen) atoms. The minimum atomic E-state index is -2.31. The van der Waals surface area contributed by atoms with E-state index in [4.69, 9.17) is 1.37 Å². The second kappa shape index (κ2) is 15.8. The third-order valence-electron chi connectivity index (χ3n) is 9.09. The molecule has 0 aliphatic carbocycles. The van der Waals surface area contributed by atoms with Crippen molar-refractivity contribution in [2.75, 3.05) is 0 Å². The van der Waals surface area contributed by atoms with Gasteiger partial charge in [0.25, 0.3) is 0 Å². The summed E-state index contributed by atoms with van der Waals surface area (Å²) in [4.78, 5) is 9.27. The van der Waals surface area contributed by atoms with E-state index in [1.807, 2.05) is 55.6 Å². The van der Waals surface area contributed by atoms with Gasteiger partial charge in [0.1, 0.15) is 5.82 Å². The van der Waals surface area contributed by atoms with E-state index in [-0.39, 0.29) is 25.9 Å². The van der Waals surface area contributed by atoms with Gasteiger partial charge in [0.2, 0.25) is 0 Å². The molecular weight excluding hydrogens is 933 g/mol. The number of nitrogens with zero attached hydrogens (tertiary/aromatic N) is 2. The molecule has 0 fully saturated rings. The van der Waals surface area contributed by atoms with Gasteiger partial charge in [-0.2, -0.15) is 0 Å².